The van der Waals surface area contributed by atoms with Gasteiger partial charge < -0.3 is 20.6 Å². The van der Waals surface area contributed by atoms with Gasteiger partial charge >= 0.3 is 0 Å². The number of aliphatic hydroxyl groups excluding tert-OH is 1. The molecule has 2 aliphatic rings. The first-order valence-electron chi connectivity index (χ1n) is 11.4. The number of carbonyl (C=O) groups excluding carboxylic acids is 3. The predicted octanol–water partition coefficient (Wildman–Crippen LogP) is 1.71. The molecule has 1 fully saturated rings. The Morgan fingerprint density at radius 3 is 2.40 bits per heavy atom. The fraction of sp³-hybridized carbons (Fsp3) is 0.783. The summed E-state index contributed by atoms with van der Waals surface area (Å²) in [6.45, 7) is 8.34. The second-order valence-corrected chi connectivity index (χ2v) is 8.91. The van der Waals surface area contributed by atoms with Crippen molar-refractivity contribution in [1.29, 1.82) is 0 Å². The van der Waals surface area contributed by atoms with Crippen molar-refractivity contribution in [2.75, 3.05) is 20.2 Å². The van der Waals surface area contributed by atoms with E-state index < -0.39 is 23.9 Å². The summed E-state index contributed by atoms with van der Waals surface area (Å²) in [5, 5.41) is 15.8. The van der Waals surface area contributed by atoms with Crippen LogP contribution in [-0.4, -0.2) is 60.0 Å². The number of likely N-dealkylation sites (tertiary alicyclic amines) is 1. The molecule has 0 unspecified atom stereocenters. The van der Waals surface area contributed by atoms with Crippen molar-refractivity contribution >= 4 is 17.7 Å². The second kappa shape index (κ2) is 10.9. The number of carbonyl (C=O) groups is 3. The minimum Gasteiger partial charge on any atom is -0.394 e. The first kappa shape index (κ1) is 24.4. The largest absolute Gasteiger partial charge is 0.394 e. The standard InChI is InChI=1S/C23H39N3O4/c1-6-8-12-25-22(29)20-16-11-10-15(9-7-2)18(21(28)24-5)19(16)23(30)26(20)17(13-27)14(3)4/h10-11,14-20,27H,6-9,12-13H2,1-5H3,(H,24,28)(H,25,29)/t15-,16+,17+,18-,19+,20+/m1/s1. The van der Waals surface area contributed by atoms with Crippen LogP contribution in [-0.2, 0) is 14.4 Å². The van der Waals surface area contributed by atoms with E-state index in [2.05, 4.69) is 24.5 Å². The molecule has 0 spiro atoms. The molecule has 2 rings (SSSR count). The van der Waals surface area contributed by atoms with Crippen LogP contribution in [0.3, 0.4) is 0 Å². The normalized spacial score (nSPS) is 29.1. The van der Waals surface area contributed by atoms with Gasteiger partial charge in [-0.05, 0) is 24.7 Å². The first-order valence-corrected chi connectivity index (χ1v) is 11.4. The predicted molar refractivity (Wildman–Crippen MR) is 116 cm³/mol. The molecule has 3 amide bonds. The lowest BCUT2D eigenvalue weighted by molar-refractivity contribution is -0.144. The molecule has 0 aromatic heterocycles. The molecular weight excluding hydrogens is 382 g/mol. The monoisotopic (exact) mass is 421 g/mol. The van der Waals surface area contributed by atoms with E-state index >= 15 is 0 Å². The zero-order chi connectivity index (χ0) is 22.4. The number of hydrogen-bond donors (Lipinski definition) is 3. The minimum absolute atomic E-state index is 0.0149. The molecule has 170 valence electrons. The van der Waals surface area contributed by atoms with Gasteiger partial charge in [0, 0.05) is 19.5 Å². The molecule has 7 nitrogen and oxygen atoms in total. The lowest BCUT2D eigenvalue weighted by atomic mass is 9.68. The van der Waals surface area contributed by atoms with E-state index in [-0.39, 0.29) is 42.1 Å². The number of aliphatic hydroxyl groups is 1. The Morgan fingerprint density at radius 2 is 1.87 bits per heavy atom. The molecule has 7 heteroatoms. The summed E-state index contributed by atoms with van der Waals surface area (Å²) in [7, 11) is 1.59. The number of fused-ring (bicyclic) bond motifs is 1. The smallest absolute Gasteiger partial charge is 0.243 e. The topological polar surface area (TPSA) is 98.7 Å². The van der Waals surface area contributed by atoms with E-state index in [1.54, 1.807) is 11.9 Å². The van der Waals surface area contributed by atoms with Crippen LogP contribution in [0.1, 0.15) is 53.4 Å². The van der Waals surface area contributed by atoms with Gasteiger partial charge in [-0.2, -0.15) is 0 Å². The molecule has 0 saturated carbocycles. The van der Waals surface area contributed by atoms with Gasteiger partial charge in [0.1, 0.15) is 6.04 Å². The molecule has 1 saturated heterocycles. The molecule has 0 bridgehead atoms. The Balaban J connectivity index is 2.49. The summed E-state index contributed by atoms with van der Waals surface area (Å²) < 4.78 is 0. The lowest BCUT2D eigenvalue weighted by Gasteiger charge is -2.35. The third-order valence-corrected chi connectivity index (χ3v) is 6.63. The number of allylic oxidation sites excluding steroid dienone is 1. The fourth-order valence-corrected chi connectivity index (χ4v) is 5.05. The van der Waals surface area contributed by atoms with Gasteiger partial charge in [0.2, 0.25) is 17.7 Å². The third kappa shape index (κ3) is 4.71. The van der Waals surface area contributed by atoms with Gasteiger partial charge in [-0.3, -0.25) is 14.4 Å². The van der Waals surface area contributed by atoms with Crippen molar-refractivity contribution in [3.05, 3.63) is 12.2 Å². The maximum absolute atomic E-state index is 13.7. The Bertz CT molecular complexity index is 648. The molecule has 0 radical (unpaired) electrons. The van der Waals surface area contributed by atoms with E-state index in [0.29, 0.717) is 6.54 Å². The Morgan fingerprint density at radius 1 is 1.17 bits per heavy atom. The van der Waals surface area contributed by atoms with Crippen molar-refractivity contribution in [2.45, 2.75) is 65.5 Å². The van der Waals surface area contributed by atoms with Gasteiger partial charge in [0.05, 0.1) is 24.5 Å². The number of rotatable bonds is 10. The van der Waals surface area contributed by atoms with Gasteiger partial charge in [0.25, 0.3) is 0 Å². The summed E-state index contributed by atoms with van der Waals surface area (Å²) in [5.74, 6) is -2.05. The number of hydrogen-bond acceptors (Lipinski definition) is 4. The van der Waals surface area contributed by atoms with Crippen molar-refractivity contribution in [1.82, 2.24) is 15.5 Å². The summed E-state index contributed by atoms with van der Waals surface area (Å²) in [5.41, 5.74) is 0. The van der Waals surface area contributed by atoms with E-state index in [1.807, 2.05) is 26.0 Å². The molecule has 1 heterocycles. The van der Waals surface area contributed by atoms with Crippen LogP contribution in [0.15, 0.2) is 12.2 Å². The molecule has 0 aromatic rings. The average molecular weight is 422 g/mol. The quantitative estimate of drug-likeness (QED) is 0.369. The van der Waals surface area contributed by atoms with Gasteiger partial charge in [-0.1, -0.05) is 52.7 Å². The number of amides is 3. The van der Waals surface area contributed by atoms with Crippen molar-refractivity contribution in [3.8, 4) is 0 Å². The van der Waals surface area contributed by atoms with Crippen LogP contribution >= 0.6 is 0 Å². The average Bonchev–Trinajstić information content (AvgIpc) is 3.00. The highest BCUT2D eigenvalue weighted by Gasteiger charge is 2.58. The van der Waals surface area contributed by atoms with E-state index in [0.717, 1.165) is 25.7 Å². The van der Waals surface area contributed by atoms with Crippen LogP contribution in [0.4, 0.5) is 0 Å². The van der Waals surface area contributed by atoms with Crippen LogP contribution in [0, 0.1) is 29.6 Å². The zero-order valence-corrected chi connectivity index (χ0v) is 19.1. The molecule has 1 aliphatic heterocycles. The van der Waals surface area contributed by atoms with Gasteiger partial charge in [-0.25, -0.2) is 0 Å². The van der Waals surface area contributed by atoms with E-state index in [1.165, 1.54) is 0 Å². The van der Waals surface area contributed by atoms with Gasteiger partial charge in [-0.15, -0.1) is 0 Å². The first-order chi connectivity index (χ1) is 14.3. The van der Waals surface area contributed by atoms with Crippen molar-refractivity contribution in [2.24, 2.45) is 29.6 Å². The molecule has 30 heavy (non-hydrogen) atoms. The lowest BCUT2D eigenvalue weighted by Crippen LogP contribution is -2.54. The highest BCUT2D eigenvalue weighted by atomic mass is 16.3. The van der Waals surface area contributed by atoms with Crippen LogP contribution < -0.4 is 10.6 Å². The molecular formula is C23H39N3O4. The van der Waals surface area contributed by atoms with E-state index in [4.69, 9.17) is 0 Å². The number of nitrogens with one attached hydrogen (secondary N) is 2. The fourth-order valence-electron chi connectivity index (χ4n) is 5.05. The third-order valence-electron chi connectivity index (χ3n) is 6.63. The highest BCUT2D eigenvalue weighted by Crippen LogP contribution is 2.46. The van der Waals surface area contributed by atoms with Crippen LogP contribution in [0.5, 0.6) is 0 Å². The summed E-state index contributed by atoms with van der Waals surface area (Å²) in [4.78, 5) is 41.3. The molecule has 6 atom stereocenters. The maximum Gasteiger partial charge on any atom is 0.243 e. The molecule has 3 N–H and O–H groups in total. The number of unbranched alkanes of at least 4 members (excludes halogenated alkanes) is 1. The Labute approximate surface area is 180 Å². The van der Waals surface area contributed by atoms with Gasteiger partial charge in [0.15, 0.2) is 0 Å². The maximum atomic E-state index is 13.7. The second-order valence-electron chi connectivity index (χ2n) is 8.91. The minimum atomic E-state index is -0.704. The van der Waals surface area contributed by atoms with Crippen molar-refractivity contribution in [3.63, 3.8) is 0 Å². The Hall–Kier alpha value is -1.89. The zero-order valence-electron chi connectivity index (χ0n) is 19.1. The molecule has 0 aromatic carbocycles. The van der Waals surface area contributed by atoms with Crippen molar-refractivity contribution < 1.29 is 19.5 Å². The van der Waals surface area contributed by atoms with Crippen LogP contribution in [0.25, 0.3) is 0 Å². The Kier molecular flexibility index (Phi) is 8.89. The summed E-state index contributed by atoms with van der Waals surface area (Å²) in [6.07, 6.45) is 7.54. The number of nitrogens with zero attached hydrogens (tertiary/aromatic N) is 1. The molecule has 1 aliphatic carbocycles. The highest BCUT2D eigenvalue weighted by molar-refractivity contribution is 5.97. The SMILES string of the molecule is CCCCNC(=O)[C@@H]1[C@H]2C=C[C@@H](CCC)[C@@H](C(=O)NC)[C@H]2C(=O)N1[C@@H](CO)C(C)C. The summed E-state index contributed by atoms with van der Waals surface area (Å²) >= 11 is 0. The summed E-state index contributed by atoms with van der Waals surface area (Å²) in [6, 6.07) is -1.17. The van der Waals surface area contributed by atoms with E-state index in [9.17, 15) is 19.5 Å². The van der Waals surface area contributed by atoms with Crippen LogP contribution in [0.2, 0.25) is 0 Å².